The van der Waals surface area contributed by atoms with Crippen LogP contribution in [-0.4, -0.2) is 62.3 Å². The molecule has 4 rings (SSSR count). The molecule has 0 saturated carbocycles. The number of piperidine rings is 2. The fourth-order valence-electron chi connectivity index (χ4n) is 4.20. The van der Waals surface area contributed by atoms with Crippen molar-refractivity contribution in [1.29, 1.82) is 0 Å². The van der Waals surface area contributed by atoms with Crippen molar-refractivity contribution in [2.45, 2.75) is 44.6 Å². The Kier molecular flexibility index (Phi) is 4.07. The molecule has 0 aliphatic carbocycles. The summed E-state index contributed by atoms with van der Waals surface area (Å²) in [5, 5.41) is 12.8. The smallest absolute Gasteiger partial charge is 0.238 e. The number of carbonyl (C=O) groups is 1. The van der Waals surface area contributed by atoms with Crippen molar-refractivity contribution in [1.82, 2.24) is 24.7 Å². The van der Waals surface area contributed by atoms with Crippen LogP contribution in [0.5, 0.6) is 0 Å². The van der Waals surface area contributed by atoms with Gasteiger partial charge in [0.2, 0.25) is 5.91 Å². The Morgan fingerprint density at radius 3 is 2.48 bits per heavy atom. The molecule has 25 heavy (non-hydrogen) atoms. The van der Waals surface area contributed by atoms with Crippen LogP contribution in [0.4, 0.5) is 5.82 Å². The van der Waals surface area contributed by atoms with Gasteiger partial charge in [-0.1, -0.05) is 6.42 Å². The summed E-state index contributed by atoms with van der Waals surface area (Å²) in [5.74, 6) is 1.49. The monoisotopic (exact) mass is 343 g/mol. The third-order valence-corrected chi connectivity index (χ3v) is 5.74. The number of amides is 1. The molecule has 2 aromatic rings. The Balaban J connectivity index is 1.54. The molecular weight excluding hydrogens is 318 g/mol. The van der Waals surface area contributed by atoms with Gasteiger partial charge in [-0.25, -0.2) is 0 Å². The van der Waals surface area contributed by atoms with Gasteiger partial charge in [0.15, 0.2) is 11.5 Å². The van der Waals surface area contributed by atoms with Gasteiger partial charge in [0.05, 0.1) is 0 Å². The summed E-state index contributed by atoms with van der Waals surface area (Å²) in [5.41, 5.74) is 6.12. The summed E-state index contributed by atoms with van der Waals surface area (Å²) in [4.78, 5) is 16.9. The van der Waals surface area contributed by atoms with Gasteiger partial charge in [-0.2, -0.15) is 4.52 Å². The first-order valence-electron chi connectivity index (χ1n) is 9.09. The van der Waals surface area contributed by atoms with Crippen molar-refractivity contribution in [3.05, 3.63) is 18.0 Å². The first kappa shape index (κ1) is 16.3. The Morgan fingerprint density at radius 2 is 1.80 bits per heavy atom. The topological polar surface area (TPSA) is 92.7 Å². The summed E-state index contributed by atoms with van der Waals surface area (Å²) in [6.45, 7) is 5.40. The molecule has 0 bridgehead atoms. The Bertz CT molecular complexity index is 772. The number of rotatable bonds is 3. The summed E-state index contributed by atoms with van der Waals surface area (Å²) < 4.78 is 1.76. The lowest BCUT2D eigenvalue weighted by atomic mass is 9.83. The summed E-state index contributed by atoms with van der Waals surface area (Å²) in [6, 6.07) is 3.91. The van der Waals surface area contributed by atoms with Gasteiger partial charge in [0, 0.05) is 13.1 Å². The number of nitrogens with zero attached hydrogens (tertiary/aromatic N) is 6. The maximum atomic E-state index is 12.3. The molecule has 2 aliphatic heterocycles. The third-order valence-electron chi connectivity index (χ3n) is 5.74. The number of nitrogens with two attached hydrogens (primary N) is 1. The standard InChI is InChI=1S/C17H25N7O/c1-13-19-20-14-5-6-15(21-24(13)14)22-11-7-17(8-12-22,16(18)25)23-9-3-2-4-10-23/h5-6H,2-4,7-12H2,1H3,(H2,18,25). The van der Waals surface area contributed by atoms with Crippen LogP contribution < -0.4 is 10.6 Å². The molecular formula is C17H25N7O. The second-order valence-corrected chi connectivity index (χ2v) is 7.14. The predicted octanol–water partition coefficient (Wildman–Crippen LogP) is 0.743. The van der Waals surface area contributed by atoms with E-state index in [1.54, 1.807) is 4.52 Å². The van der Waals surface area contributed by atoms with Crippen LogP contribution >= 0.6 is 0 Å². The summed E-state index contributed by atoms with van der Waals surface area (Å²) in [7, 11) is 0. The van der Waals surface area contributed by atoms with Crippen LogP contribution in [0.1, 0.15) is 37.9 Å². The van der Waals surface area contributed by atoms with E-state index in [0.717, 1.165) is 69.2 Å². The van der Waals surface area contributed by atoms with E-state index in [2.05, 4.69) is 25.1 Å². The molecule has 2 fully saturated rings. The molecule has 4 heterocycles. The number of anilines is 1. The number of fused-ring (bicyclic) bond motifs is 1. The highest BCUT2D eigenvalue weighted by Gasteiger charge is 2.45. The molecule has 0 radical (unpaired) electrons. The summed E-state index contributed by atoms with van der Waals surface area (Å²) >= 11 is 0. The quantitative estimate of drug-likeness (QED) is 0.884. The maximum absolute atomic E-state index is 12.3. The molecule has 0 unspecified atom stereocenters. The number of primary amides is 1. The van der Waals surface area contributed by atoms with E-state index < -0.39 is 5.54 Å². The number of aryl methyl sites for hydroxylation is 1. The fraction of sp³-hybridized carbons (Fsp3) is 0.647. The van der Waals surface area contributed by atoms with Gasteiger partial charge < -0.3 is 10.6 Å². The van der Waals surface area contributed by atoms with Crippen LogP contribution in [0, 0.1) is 6.92 Å². The van der Waals surface area contributed by atoms with Crippen LogP contribution in [0.15, 0.2) is 12.1 Å². The molecule has 8 heteroatoms. The number of aromatic nitrogens is 4. The van der Waals surface area contributed by atoms with Crippen molar-refractivity contribution in [2.24, 2.45) is 5.73 Å². The first-order valence-corrected chi connectivity index (χ1v) is 9.09. The highest BCUT2D eigenvalue weighted by molar-refractivity contribution is 5.85. The third kappa shape index (κ3) is 2.74. The number of carbonyl (C=O) groups excluding carboxylic acids is 1. The second-order valence-electron chi connectivity index (χ2n) is 7.14. The molecule has 2 aromatic heterocycles. The van der Waals surface area contributed by atoms with Crippen molar-refractivity contribution in [3.63, 3.8) is 0 Å². The molecule has 8 nitrogen and oxygen atoms in total. The molecule has 2 aliphatic rings. The second kappa shape index (κ2) is 6.25. The van der Waals surface area contributed by atoms with Crippen LogP contribution in [0.2, 0.25) is 0 Å². The van der Waals surface area contributed by atoms with Crippen molar-refractivity contribution in [3.8, 4) is 0 Å². The number of hydrogen-bond donors (Lipinski definition) is 1. The lowest BCUT2D eigenvalue weighted by Gasteiger charge is -2.48. The van der Waals surface area contributed by atoms with E-state index in [1.807, 2.05) is 19.1 Å². The van der Waals surface area contributed by atoms with Crippen LogP contribution in [0.25, 0.3) is 5.65 Å². The number of hydrogen-bond acceptors (Lipinski definition) is 6. The lowest BCUT2D eigenvalue weighted by Crippen LogP contribution is -2.63. The SMILES string of the molecule is Cc1nnc2ccc(N3CCC(C(N)=O)(N4CCCCC4)CC3)nn12. The zero-order chi connectivity index (χ0) is 17.4. The lowest BCUT2D eigenvalue weighted by molar-refractivity contribution is -0.132. The minimum Gasteiger partial charge on any atom is -0.368 e. The highest BCUT2D eigenvalue weighted by Crippen LogP contribution is 2.32. The minimum absolute atomic E-state index is 0.174. The number of likely N-dealkylation sites (tertiary alicyclic amines) is 1. The molecule has 0 spiro atoms. The van der Waals surface area contributed by atoms with Crippen LogP contribution in [0.3, 0.4) is 0 Å². The average molecular weight is 343 g/mol. The van der Waals surface area contributed by atoms with Gasteiger partial charge in [-0.3, -0.25) is 9.69 Å². The Hall–Kier alpha value is -2.22. The van der Waals surface area contributed by atoms with Gasteiger partial charge in [0.1, 0.15) is 11.4 Å². The average Bonchev–Trinajstić information content (AvgIpc) is 3.03. The molecule has 2 N–H and O–H groups in total. The largest absolute Gasteiger partial charge is 0.368 e. The van der Waals surface area contributed by atoms with E-state index >= 15 is 0 Å². The zero-order valence-electron chi connectivity index (χ0n) is 14.7. The van der Waals surface area contributed by atoms with Gasteiger partial charge in [-0.15, -0.1) is 15.3 Å². The first-order chi connectivity index (χ1) is 12.1. The Labute approximate surface area is 147 Å². The maximum Gasteiger partial charge on any atom is 0.238 e. The van der Waals surface area contributed by atoms with Gasteiger partial charge in [0.25, 0.3) is 0 Å². The van der Waals surface area contributed by atoms with Gasteiger partial charge >= 0.3 is 0 Å². The van der Waals surface area contributed by atoms with Crippen molar-refractivity contribution in [2.75, 3.05) is 31.1 Å². The zero-order valence-corrected chi connectivity index (χ0v) is 14.7. The van der Waals surface area contributed by atoms with E-state index in [-0.39, 0.29) is 5.91 Å². The molecule has 134 valence electrons. The van der Waals surface area contributed by atoms with Crippen molar-refractivity contribution >= 4 is 17.4 Å². The van der Waals surface area contributed by atoms with E-state index in [0.29, 0.717) is 0 Å². The fourth-order valence-corrected chi connectivity index (χ4v) is 4.20. The molecule has 0 atom stereocenters. The van der Waals surface area contributed by atoms with Crippen molar-refractivity contribution < 1.29 is 4.79 Å². The van der Waals surface area contributed by atoms with E-state index in [4.69, 9.17) is 5.73 Å². The normalized spacial score (nSPS) is 21.6. The Morgan fingerprint density at radius 1 is 1.08 bits per heavy atom. The minimum atomic E-state index is -0.493. The predicted molar refractivity (Wildman–Crippen MR) is 94.3 cm³/mol. The van der Waals surface area contributed by atoms with E-state index in [1.165, 1.54) is 6.42 Å². The van der Waals surface area contributed by atoms with Crippen LogP contribution in [-0.2, 0) is 4.79 Å². The summed E-state index contributed by atoms with van der Waals surface area (Å²) in [6.07, 6.45) is 5.07. The highest BCUT2D eigenvalue weighted by atomic mass is 16.1. The van der Waals surface area contributed by atoms with E-state index in [9.17, 15) is 4.79 Å². The molecule has 1 amide bonds. The molecule has 0 aromatic carbocycles. The molecule has 2 saturated heterocycles. The van der Waals surface area contributed by atoms with Gasteiger partial charge in [-0.05, 0) is 57.8 Å².